The topological polar surface area (TPSA) is 84.4 Å². The first kappa shape index (κ1) is 16.7. The third-order valence-corrected chi connectivity index (χ3v) is 3.99. The number of carbonyl (C=O) groups excluding carboxylic acids is 2. The lowest BCUT2D eigenvalue weighted by atomic mass is 9.94. The fourth-order valence-corrected chi connectivity index (χ4v) is 3.07. The molecule has 1 saturated heterocycles. The number of amides is 2. The fraction of sp³-hybridized carbons (Fsp3) is 0.714. The van der Waals surface area contributed by atoms with Gasteiger partial charge in [0.2, 0.25) is 5.91 Å². The number of nitrogens with one attached hydrogen (secondary N) is 1. The zero-order valence-electron chi connectivity index (χ0n) is 13.4. The molecule has 1 aromatic rings. The van der Waals surface area contributed by atoms with Gasteiger partial charge in [-0.2, -0.15) is 0 Å². The number of nitrogens with zero attached hydrogens (tertiary/aromatic N) is 3. The smallest absolute Gasteiger partial charge is 0.410 e. The van der Waals surface area contributed by atoms with Gasteiger partial charge in [-0.1, -0.05) is 4.49 Å². The van der Waals surface area contributed by atoms with Crippen LogP contribution in [0, 0.1) is 0 Å². The summed E-state index contributed by atoms with van der Waals surface area (Å²) in [6.45, 7) is 8.29. The van der Waals surface area contributed by atoms with E-state index in [1.54, 1.807) is 4.90 Å². The predicted octanol–water partition coefficient (Wildman–Crippen LogP) is 2.61. The van der Waals surface area contributed by atoms with Gasteiger partial charge >= 0.3 is 6.09 Å². The van der Waals surface area contributed by atoms with Crippen LogP contribution in [-0.2, 0) is 9.53 Å². The lowest BCUT2D eigenvalue weighted by molar-refractivity contribution is -0.114. The molecule has 2 heterocycles. The van der Waals surface area contributed by atoms with Crippen LogP contribution in [0.1, 0.15) is 52.1 Å². The van der Waals surface area contributed by atoms with Gasteiger partial charge in [-0.15, -0.1) is 5.10 Å². The maximum absolute atomic E-state index is 12.0. The molecule has 1 fully saturated rings. The summed E-state index contributed by atoms with van der Waals surface area (Å²) in [5.41, 5.74) is 0.342. The van der Waals surface area contributed by atoms with E-state index in [1.165, 1.54) is 18.5 Å². The second-order valence-corrected chi connectivity index (χ2v) is 7.16. The van der Waals surface area contributed by atoms with Crippen LogP contribution in [0.2, 0.25) is 0 Å². The zero-order valence-corrected chi connectivity index (χ0v) is 14.2. The summed E-state index contributed by atoms with van der Waals surface area (Å²) >= 11 is 1.19. The summed E-state index contributed by atoms with van der Waals surface area (Å²) in [5.74, 6) is 0.0813. The number of piperidine rings is 1. The van der Waals surface area contributed by atoms with Crippen molar-refractivity contribution in [2.45, 2.75) is 52.1 Å². The maximum Gasteiger partial charge on any atom is 0.410 e. The predicted molar refractivity (Wildman–Crippen MR) is 84.0 cm³/mol. The van der Waals surface area contributed by atoms with Crippen LogP contribution in [0.3, 0.4) is 0 Å². The first-order chi connectivity index (χ1) is 10.3. The Morgan fingerprint density at radius 2 is 1.95 bits per heavy atom. The molecule has 2 rings (SSSR count). The Morgan fingerprint density at radius 1 is 1.32 bits per heavy atom. The molecule has 1 aliphatic heterocycles. The lowest BCUT2D eigenvalue weighted by Crippen LogP contribution is -2.41. The van der Waals surface area contributed by atoms with E-state index in [0.717, 1.165) is 18.5 Å². The summed E-state index contributed by atoms with van der Waals surface area (Å²) in [7, 11) is 0. The van der Waals surface area contributed by atoms with Gasteiger partial charge in [-0.3, -0.25) is 4.79 Å². The SMILES string of the molecule is CC(=O)Nc1snnc1C1CCN(C(=O)OC(C)(C)C)CC1. The van der Waals surface area contributed by atoms with Gasteiger partial charge in [0.1, 0.15) is 16.3 Å². The van der Waals surface area contributed by atoms with Crippen molar-refractivity contribution >= 4 is 28.5 Å². The van der Waals surface area contributed by atoms with Crippen LogP contribution in [0.4, 0.5) is 9.80 Å². The molecule has 0 bridgehead atoms. The van der Waals surface area contributed by atoms with Crippen LogP contribution in [0.15, 0.2) is 0 Å². The normalized spacial score (nSPS) is 16.5. The van der Waals surface area contributed by atoms with Crippen molar-refractivity contribution in [1.29, 1.82) is 0 Å². The first-order valence-electron chi connectivity index (χ1n) is 7.34. The standard InChI is InChI=1S/C14H22N4O3S/c1-9(19)15-12-11(16-17-22-12)10-5-7-18(8-6-10)13(20)21-14(2,3)4/h10H,5-8H2,1-4H3,(H,15,19). The molecule has 22 heavy (non-hydrogen) atoms. The average Bonchev–Trinajstić information content (AvgIpc) is 2.84. The minimum absolute atomic E-state index is 0.126. The molecule has 0 saturated carbocycles. The van der Waals surface area contributed by atoms with E-state index >= 15 is 0 Å². The summed E-state index contributed by atoms with van der Waals surface area (Å²) in [6, 6.07) is 0. The molecule has 122 valence electrons. The highest BCUT2D eigenvalue weighted by molar-refractivity contribution is 7.10. The van der Waals surface area contributed by atoms with E-state index in [2.05, 4.69) is 14.9 Å². The van der Waals surface area contributed by atoms with Gasteiger partial charge in [-0.25, -0.2) is 4.79 Å². The van der Waals surface area contributed by atoms with Crippen molar-refractivity contribution in [2.24, 2.45) is 0 Å². The molecule has 0 aromatic carbocycles. The number of likely N-dealkylation sites (tertiary alicyclic amines) is 1. The Morgan fingerprint density at radius 3 is 2.50 bits per heavy atom. The summed E-state index contributed by atoms with van der Waals surface area (Å²) in [6.07, 6.45) is 1.30. The number of hydrogen-bond acceptors (Lipinski definition) is 6. The molecular weight excluding hydrogens is 304 g/mol. The van der Waals surface area contributed by atoms with Crippen molar-refractivity contribution in [3.8, 4) is 0 Å². The van der Waals surface area contributed by atoms with Gasteiger partial charge in [0.05, 0.1) is 0 Å². The van der Waals surface area contributed by atoms with E-state index in [4.69, 9.17) is 4.74 Å². The van der Waals surface area contributed by atoms with E-state index in [0.29, 0.717) is 18.1 Å². The number of hydrogen-bond donors (Lipinski definition) is 1. The molecule has 0 unspecified atom stereocenters. The molecule has 7 nitrogen and oxygen atoms in total. The monoisotopic (exact) mass is 326 g/mol. The van der Waals surface area contributed by atoms with E-state index < -0.39 is 5.60 Å². The lowest BCUT2D eigenvalue weighted by Gasteiger charge is -2.33. The Hall–Kier alpha value is -1.70. The molecule has 1 aliphatic rings. The first-order valence-corrected chi connectivity index (χ1v) is 8.11. The fourth-order valence-electron chi connectivity index (χ4n) is 2.37. The quantitative estimate of drug-likeness (QED) is 0.903. The number of ether oxygens (including phenoxy) is 1. The second-order valence-electron chi connectivity index (χ2n) is 6.41. The van der Waals surface area contributed by atoms with Crippen molar-refractivity contribution in [3.05, 3.63) is 5.69 Å². The van der Waals surface area contributed by atoms with Crippen LogP contribution in [0.25, 0.3) is 0 Å². The Labute approximate surface area is 134 Å². The highest BCUT2D eigenvalue weighted by atomic mass is 32.1. The molecule has 0 aliphatic carbocycles. The Bertz CT molecular complexity index is 545. The minimum Gasteiger partial charge on any atom is -0.444 e. The van der Waals surface area contributed by atoms with Gasteiger partial charge in [0, 0.05) is 37.5 Å². The molecular formula is C14H22N4O3S. The zero-order chi connectivity index (χ0) is 16.3. The van der Waals surface area contributed by atoms with Gasteiger partial charge in [-0.05, 0) is 33.6 Å². The molecule has 0 radical (unpaired) electrons. The van der Waals surface area contributed by atoms with Gasteiger partial charge in [0.15, 0.2) is 0 Å². The maximum atomic E-state index is 12.0. The number of rotatable bonds is 2. The van der Waals surface area contributed by atoms with Crippen LogP contribution >= 0.6 is 11.5 Å². The van der Waals surface area contributed by atoms with Crippen LogP contribution in [-0.4, -0.2) is 45.2 Å². The molecule has 8 heteroatoms. The van der Waals surface area contributed by atoms with E-state index in [1.807, 2.05) is 20.8 Å². The summed E-state index contributed by atoms with van der Waals surface area (Å²) in [5, 5.41) is 7.62. The van der Waals surface area contributed by atoms with E-state index in [-0.39, 0.29) is 17.9 Å². The summed E-state index contributed by atoms with van der Waals surface area (Å²) in [4.78, 5) is 25.0. The molecule has 1 N–H and O–H groups in total. The average molecular weight is 326 g/mol. The van der Waals surface area contributed by atoms with Gasteiger partial charge in [0.25, 0.3) is 0 Å². The molecule has 0 atom stereocenters. The van der Waals surface area contributed by atoms with E-state index in [9.17, 15) is 9.59 Å². The number of anilines is 1. The highest BCUT2D eigenvalue weighted by Crippen LogP contribution is 2.33. The van der Waals surface area contributed by atoms with Crippen molar-refractivity contribution < 1.29 is 14.3 Å². The van der Waals surface area contributed by atoms with Crippen LogP contribution < -0.4 is 5.32 Å². The third kappa shape index (κ3) is 4.40. The highest BCUT2D eigenvalue weighted by Gasteiger charge is 2.30. The minimum atomic E-state index is -0.481. The third-order valence-electron chi connectivity index (χ3n) is 3.34. The number of carbonyl (C=O) groups is 2. The van der Waals surface area contributed by atoms with Crippen molar-refractivity contribution in [3.63, 3.8) is 0 Å². The second kappa shape index (κ2) is 6.60. The van der Waals surface area contributed by atoms with Gasteiger partial charge < -0.3 is 15.0 Å². The van der Waals surface area contributed by atoms with Crippen molar-refractivity contribution in [2.75, 3.05) is 18.4 Å². The van der Waals surface area contributed by atoms with Crippen molar-refractivity contribution in [1.82, 2.24) is 14.5 Å². The Kier molecular flexibility index (Phi) is 5.00. The summed E-state index contributed by atoms with van der Waals surface area (Å²) < 4.78 is 9.31. The van der Waals surface area contributed by atoms with Crippen LogP contribution in [0.5, 0.6) is 0 Å². The Balaban J connectivity index is 1.94. The molecule has 1 aromatic heterocycles. The largest absolute Gasteiger partial charge is 0.444 e. The molecule has 0 spiro atoms. The molecule has 2 amide bonds. The number of aromatic nitrogens is 2.